The quantitative estimate of drug-likeness (QED) is 0.893. The van der Waals surface area contributed by atoms with Gasteiger partial charge in [-0.3, -0.25) is 4.79 Å². The number of halogens is 1. The molecule has 1 aromatic rings. The van der Waals surface area contributed by atoms with E-state index in [4.69, 9.17) is 16.3 Å². The van der Waals surface area contributed by atoms with Crippen molar-refractivity contribution in [1.82, 2.24) is 5.32 Å². The Labute approximate surface area is 129 Å². The molecule has 21 heavy (non-hydrogen) atoms. The number of rotatable bonds is 5. The van der Waals surface area contributed by atoms with Crippen molar-refractivity contribution in [3.8, 4) is 0 Å². The third-order valence-corrected chi connectivity index (χ3v) is 6.06. The van der Waals surface area contributed by atoms with Crippen molar-refractivity contribution < 1.29 is 17.9 Å². The maximum absolute atomic E-state index is 12.4. The Morgan fingerprint density at radius 3 is 2.81 bits per heavy atom. The predicted octanol–water partition coefficient (Wildman–Crippen LogP) is 1.80. The number of benzene rings is 1. The van der Waals surface area contributed by atoms with Crippen molar-refractivity contribution in [2.75, 3.05) is 13.2 Å². The maximum atomic E-state index is 12.4. The summed E-state index contributed by atoms with van der Waals surface area (Å²) in [5.41, 5.74) is 0. The summed E-state index contributed by atoms with van der Waals surface area (Å²) in [6, 6.07) is 6.12. The molecule has 0 radical (unpaired) electrons. The van der Waals surface area contributed by atoms with Gasteiger partial charge in [-0.25, -0.2) is 8.42 Å². The molecule has 7 heteroatoms. The highest BCUT2D eigenvalue weighted by Gasteiger charge is 2.31. The first-order valence-corrected chi connectivity index (χ1v) is 8.73. The Balaban J connectivity index is 2.05. The Morgan fingerprint density at radius 2 is 2.19 bits per heavy atom. The fourth-order valence-corrected chi connectivity index (χ4v) is 3.98. The zero-order chi connectivity index (χ0) is 15.5. The molecule has 0 saturated carbocycles. The molecule has 0 bridgehead atoms. The van der Waals surface area contributed by atoms with E-state index in [2.05, 4.69) is 5.32 Å². The lowest BCUT2D eigenvalue weighted by molar-refractivity contribution is -0.120. The van der Waals surface area contributed by atoms with Crippen LogP contribution in [0.3, 0.4) is 0 Å². The highest BCUT2D eigenvalue weighted by molar-refractivity contribution is 7.92. The first-order chi connectivity index (χ1) is 9.93. The predicted molar refractivity (Wildman–Crippen MR) is 80.1 cm³/mol. The average Bonchev–Trinajstić information content (AvgIpc) is 2.97. The number of hydrogen-bond acceptors (Lipinski definition) is 4. The van der Waals surface area contributed by atoms with Crippen molar-refractivity contribution >= 4 is 27.3 Å². The second-order valence-electron chi connectivity index (χ2n) is 5.00. The van der Waals surface area contributed by atoms with Gasteiger partial charge in [-0.05, 0) is 31.9 Å². The van der Waals surface area contributed by atoms with Crippen LogP contribution in [0.1, 0.15) is 19.8 Å². The van der Waals surface area contributed by atoms with Gasteiger partial charge < -0.3 is 10.1 Å². The minimum absolute atomic E-state index is 0.0218. The Kier molecular flexibility index (Phi) is 5.24. The van der Waals surface area contributed by atoms with Crippen molar-refractivity contribution in [2.24, 2.45) is 0 Å². The first kappa shape index (κ1) is 16.3. The molecule has 0 unspecified atom stereocenters. The second kappa shape index (κ2) is 6.77. The van der Waals surface area contributed by atoms with Gasteiger partial charge in [0, 0.05) is 13.2 Å². The van der Waals surface area contributed by atoms with E-state index >= 15 is 0 Å². The van der Waals surface area contributed by atoms with Gasteiger partial charge in [0.25, 0.3) is 0 Å². The van der Waals surface area contributed by atoms with E-state index in [0.717, 1.165) is 12.8 Å². The molecule has 2 atom stereocenters. The van der Waals surface area contributed by atoms with Gasteiger partial charge in [0.1, 0.15) is 5.25 Å². The van der Waals surface area contributed by atoms with E-state index in [-0.39, 0.29) is 16.0 Å². The van der Waals surface area contributed by atoms with Crippen molar-refractivity contribution in [3.05, 3.63) is 29.3 Å². The molecule has 5 nitrogen and oxygen atoms in total. The van der Waals surface area contributed by atoms with Gasteiger partial charge in [-0.15, -0.1) is 0 Å². The van der Waals surface area contributed by atoms with Gasteiger partial charge in [0.15, 0.2) is 9.84 Å². The largest absolute Gasteiger partial charge is 0.376 e. The Bertz CT molecular complexity index is 611. The van der Waals surface area contributed by atoms with E-state index in [9.17, 15) is 13.2 Å². The lowest BCUT2D eigenvalue weighted by Crippen LogP contribution is -2.41. The number of nitrogens with one attached hydrogen (secondary N) is 1. The molecule has 2 rings (SSSR count). The molecule has 1 fully saturated rings. The van der Waals surface area contributed by atoms with Crippen LogP contribution in [-0.4, -0.2) is 38.8 Å². The first-order valence-electron chi connectivity index (χ1n) is 6.80. The molecule has 1 aromatic carbocycles. The lowest BCUT2D eigenvalue weighted by atomic mass is 10.2. The minimum Gasteiger partial charge on any atom is -0.376 e. The standard InChI is InChI=1S/C14H18ClNO4S/c1-10(14(17)16-9-11-5-4-8-20-11)21(18,19)13-7-3-2-6-12(13)15/h2-3,6-7,10-11H,4-5,8-9H2,1H3,(H,16,17)/t10-,11+/m1/s1. The van der Waals surface area contributed by atoms with Crippen LogP contribution in [-0.2, 0) is 19.4 Å². The minimum atomic E-state index is -3.80. The molecule has 0 aromatic heterocycles. The van der Waals surface area contributed by atoms with Crippen LogP contribution >= 0.6 is 11.6 Å². The molecule has 1 N–H and O–H groups in total. The molecule has 0 spiro atoms. The molecule has 1 saturated heterocycles. The summed E-state index contributed by atoms with van der Waals surface area (Å²) >= 11 is 5.91. The topological polar surface area (TPSA) is 72.5 Å². The van der Waals surface area contributed by atoms with Gasteiger partial charge in [0.2, 0.25) is 5.91 Å². The summed E-state index contributed by atoms with van der Waals surface area (Å²) in [5.74, 6) is -0.537. The van der Waals surface area contributed by atoms with Crippen molar-refractivity contribution in [2.45, 2.75) is 36.0 Å². The fraction of sp³-hybridized carbons (Fsp3) is 0.500. The average molecular weight is 332 g/mol. The van der Waals surface area contributed by atoms with Gasteiger partial charge in [0.05, 0.1) is 16.0 Å². The summed E-state index contributed by atoms with van der Waals surface area (Å²) in [5, 5.41) is 1.56. The van der Waals surface area contributed by atoms with Crippen LogP contribution in [0.15, 0.2) is 29.2 Å². The normalized spacial score (nSPS) is 20.2. The number of ether oxygens (including phenoxy) is 1. The summed E-state index contributed by atoms with van der Waals surface area (Å²) in [7, 11) is -3.80. The van der Waals surface area contributed by atoms with Crippen LogP contribution in [0, 0.1) is 0 Å². The Morgan fingerprint density at radius 1 is 1.48 bits per heavy atom. The third kappa shape index (κ3) is 3.75. The molecule has 116 valence electrons. The second-order valence-corrected chi connectivity index (χ2v) is 7.64. The number of sulfone groups is 1. The van der Waals surface area contributed by atoms with Crippen LogP contribution in [0.5, 0.6) is 0 Å². The summed E-state index contributed by atoms with van der Waals surface area (Å²) in [4.78, 5) is 12.0. The molecular weight excluding hydrogens is 314 g/mol. The van der Waals surface area contributed by atoms with Crippen molar-refractivity contribution in [3.63, 3.8) is 0 Å². The molecule has 1 aliphatic rings. The van der Waals surface area contributed by atoms with Crippen molar-refractivity contribution in [1.29, 1.82) is 0 Å². The van der Waals surface area contributed by atoms with E-state index in [1.54, 1.807) is 12.1 Å². The monoisotopic (exact) mass is 331 g/mol. The van der Waals surface area contributed by atoms with E-state index < -0.39 is 21.0 Å². The van der Waals surface area contributed by atoms with Gasteiger partial charge >= 0.3 is 0 Å². The van der Waals surface area contributed by atoms with Crippen LogP contribution in [0.2, 0.25) is 5.02 Å². The maximum Gasteiger partial charge on any atom is 0.238 e. The molecule has 0 aliphatic carbocycles. The Hall–Kier alpha value is -1.11. The molecule has 1 heterocycles. The van der Waals surface area contributed by atoms with Crippen LogP contribution in [0.4, 0.5) is 0 Å². The fourth-order valence-electron chi connectivity index (χ4n) is 2.17. The SMILES string of the molecule is C[C@H](C(=O)NC[C@@H]1CCCO1)S(=O)(=O)c1ccccc1Cl. The van der Waals surface area contributed by atoms with Gasteiger partial charge in [-0.2, -0.15) is 0 Å². The third-order valence-electron chi connectivity index (χ3n) is 3.51. The summed E-state index contributed by atoms with van der Waals surface area (Å²) in [6.07, 6.45) is 1.82. The highest BCUT2D eigenvalue weighted by atomic mass is 35.5. The number of amides is 1. The lowest BCUT2D eigenvalue weighted by Gasteiger charge is -2.16. The zero-order valence-electron chi connectivity index (χ0n) is 11.7. The molecule has 1 aliphatic heterocycles. The molecular formula is C14H18ClNO4S. The smallest absolute Gasteiger partial charge is 0.238 e. The van der Waals surface area contributed by atoms with E-state index in [1.807, 2.05) is 0 Å². The van der Waals surface area contributed by atoms with Crippen LogP contribution < -0.4 is 5.32 Å². The number of carbonyl (C=O) groups is 1. The number of hydrogen-bond donors (Lipinski definition) is 1. The summed E-state index contributed by atoms with van der Waals surface area (Å²) in [6.45, 7) is 2.39. The summed E-state index contributed by atoms with van der Waals surface area (Å²) < 4.78 is 30.2. The number of carbonyl (C=O) groups excluding carboxylic acids is 1. The van der Waals surface area contributed by atoms with Gasteiger partial charge in [-0.1, -0.05) is 23.7 Å². The zero-order valence-corrected chi connectivity index (χ0v) is 13.3. The molecule has 1 amide bonds. The van der Waals surface area contributed by atoms with Crippen LogP contribution in [0.25, 0.3) is 0 Å². The highest BCUT2D eigenvalue weighted by Crippen LogP contribution is 2.24. The van der Waals surface area contributed by atoms with E-state index in [1.165, 1.54) is 19.1 Å². The van der Waals surface area contributed by atoms with E-state index in [0.29, 0.717) is 13.2 Å².